The highest BCUT2D eigenvalue weighted by Gasteiger charge is 2.16. The van der Waals surface area contributed by atoms with Crippen molar-refractivity contribution in [2.75, 3.05) is 25.5 Å². The lowest BCUT2D eigenvalue weighted by atomic mass is 10.2. The molecule has 8 heteroatoms. The molecule has 1 fully saturated rings. The number of ether oxygens (including phenoxy) is 2. The Morgan fingerprint density at radius 1 is 1.16 bits per heavy atom. The molecule has 0 radical (unpaired) electrons. The first-order valence-electron chi connectivity index (χ1n) is 10.6. The zero-order chi connectivity index (χ0) is 22.6. The van der Waals surface area contributed by atoms with Gasteiger partial charge in [-0.2, -0.15) is 5.10 Å². The number of carbonyl (C=O) groups is 2. The quantitative estimate of drug-likeness (QED) is 0.402. The van der Waals surface area contributed by atoms with Crippen LogP contribution in [0.4, 0.5) is 0 Å². The summed E-state index contributed by atoms with van der Waals surface area (Å²) in [6.45, 7) is 3.30. The minimum Gasteiger partial charge on any atom is -0.484 e. The second-order valence-electron chi connectivity index (χ2n) is 7.57. The number of hydrogen-bond donors (Lipinski definition) is 2. The summed E-state index contributed by atoms with van der Waals surface area (Å²) < 4.78 is 11.0. The van der Waals surface area contributed by atoms with Crippen molar-refractivity contribution in [3.8, 4) is 5.75 Å². The number of hydrogen-bond acceptors (Lipinski definition) is 6. The van der Waals surface area contributed by atoms with Crippen LogP contribution in [0, 0.1) is 6.92 Å². The summed E-state index contributed by atoms with van der Waals surface area (Å²) in [7, 11) is 0. The van der Waals surface area contributed by atoms with E-state index in [9.17, 15) is 9.59 Å². The van der Waals surface area contributed by atoms with Crippen LogP contribution in [-0.4, -0.2) is 49.6 Å². The summed E-state index contributed by atoms with van der Waals surface area (Å²) in [5, 5.41) is 6.81. The molecule has 1 heterocycles. The molecule has 0 saturated carbocycles. The molecule has 32 heavy (non-hydrogen) atoms. The smallest absolute Gasteiger partial charge is 0.258 e. The molecule has 2 aromatic carbocycles. The lowest BCUT2D eigenvalue weighted by Gasteiger charge is -2.11. The van der Waals surface area contributed by atoms with Crippen molar-refractivity contribution >= 4 is 29.8 Å². The molecule has 0 aromatic heterocycles. The van der Waals surface area contributed by atoms with Crippen molar-refractivity contribution in [1.82, 2.24) is 10.7 Å². The van der Waals surface area contributed by atoms with E-state index >= 15 is 0 Å². The number of nitrogens with one attached hydrogen (secondary N) is 2. The maximum atomic E-state index is 11.9. The number of rotatable bonds is 11. The summed E-state index contributed by atoms with van der Waals surface area (Å²) >= 11 is 1.54. The largest absolute Gasteiger partial charge is 0.484 e. The second-order valence-corrected chi connectivity index (χ2v) is 8.55. The molecule has 7 nitrogen and oxygen atoms in total. The highest BCUT2D eigenvalue weighted by Crippen LogP contribution is 2.13. The van der Waals surface area contributed by atoms with Crippen LogP contribution in [0.15, 0.2) is 53.6 Å². The number of nitrogens with zero attached hydrogens (tertiary/aromatic N) is 1. The van der Waals surface area contributed by atoms with Gasteiger partial charge in [-0.1, -0.05) is 29.8 Å². The van der Waals surface area contributed by atoms with Gasteiger partial charge in [0, 0.05) is 18.9 Å². The van der Waals surface area contributed by atoms with Crippen LogP contribution in [0.25, 0.3) is 0 Å². The highest BCUT2D eigenvalue weighted by atomic mass is 32.2. The van der Waals surface area contributed by atoms with Gasteiger partial charge in [-0.3, -0.25) is 9.59 Å². The molecule has 1 aliphatic heterocycles. The Labute approximate surface area is 193 Å². The Morgan fingerprint density at radius 2 is 1.94 bits per heavy atom. The third kappa shape index (κ3) is 8.72. The predicted molar refractivity (Wildman–Crippen MR) is 127 cm³/mol. The fourth-order valence-corrected chi connectivity index (χ4v) is 3.82. The van der Waals surface area contributed by atoms with Crippen molar-refractivity contribution in [2.24, 2.45) is 5.10 Å². The minimum atomic E-state index is -0.172. The topological polar surface area (TPSA) is 89.0 Å². The first-order chi connectivity index (χ1) is 15.6. The van der Waals surface area contributed by atoms with E-state index in [-0.39, 0.29) is 24.5 Å². The lowest BCUT2D eigenvalue weighted by molar-refractivity contribution is -0.123. The van der Waals surface area contributed by atoms with Crippen molar-refractivity contribution in [2.45, 2.75) is 31.6 Å². The minimum absolute atomic E-state index is 0.0452. The second kappa shape index (κ2) is 12.9. The summed E-state index contributed by atoms with van der Waals surface area (Å²) in [6.07, 6.45) is 3.71. The zero-order valence-electron chi connectivity index (χ0n) is 18.2. The fraction of sp³-hybridized carbons (Fsp3) is 0.375. The number of hydrazone groups is 1. The third-order valence-electron chi connectivity index (χ3n) is 4.83. The number of benzene rings is 2. The number of amides is 2. The SMILES string of the molecule is Cc1ccc(CSCC(=O)N/N=C\c2ccc(OCC(=O)NC[C@@H]3CCCO3)cc2)cc1. The van der Waals surface area contributed by atoms with Crippen molar-refractivity contribution in [1.29, 1.82) is 0 Å². The average Bonchev–Trinajstić information content (AvgIpc) is 3.32. The first-order valence-corrected chi connectivity index (χ1v) is 11.8. The Bertz CT molecular complexity index is 894. The van der Waals surface area contributed by atoms with Gasteiger partial charge in [-0.05, 0) is 55.2 Å². The number of aryl methyl sites for hydroxylation is 1. The van der Waals surface area contributed by atoms with Crippen molar-refractivity contribution < 1.29 is 19.1 Å². The van der Waals surface area contributed by atoms with Gasteiger partial charge in [0.05, 0.1) is 18.1 Å². The molecule has 2 amide bonds. The van der Waals surface area contributed by atoms with Gasteiger partial charge in [0.15, 0.2) is 6.61 Å². The van der Waals surface area contributed by atoms with Gasteiger partial charge >= 0.3 is 0 Å². The molecular weight excluding hydrogens is 426 g/mol. The van der Waals surface area contributed by atoms with Crippen LogP contribution in [0.3, 0.4) is 0 Å². The van der Waals surface area contributed by atoms with Crippen LogP contribution in [0.5, 0.6) is 5.75 Å². The summed E-state index contributed by atoms with van der Waals surface area (Å²) in [5.74, 6) is 1.39. The van der Waals surface area contributed by atoms with Crippen molar-refractivity contribution in [3.63, 3.8) is 0 Å². The van der Waals surface area contributed by atoms with E-state index in [1.165, 1.54) is 11.1 Å². The van der Waals surface area contributed by atoms with E-state index in [2.05, 4.69) is 47.0 Å². The molecule has 2 N–H and O–H groups in total. The molecule has 0 bridgehead atoms. The van der Waals surface area contributed by atoms with Gasteiger partial charge in [0.1, 0.15) is 5.75 Å². The first kappa shape index (κ1) is 23.8. The molecule has 3 rings (SSSR count). The molecule has 0 unspecified atom stereocenters. The normalized spacial score (nSPS) is 15.6. The van der Waals surface area contributed by atoms with Crippen LogP contribution in [-0.2, 0) is 20.1 Å². The molecule has 1 saturated heterocycles. The van der Waals surface area contributed by atoms with Crippen molar-refractivity contribution in [3.05, 3.63) is 65.2 Å². The monoisotopic (exact) mass is 455 g/mol. The summed E-state index contributed by atoms with van der Waals surface area (Å²) in [5.41, 5.74) is 5.76. The van der Waals surface area contributed by atoms with Gasteiger partial charge in [-0.25, -0.2) is 5.43 Å². The summed E-state index contributed by atoms with van der Waals surface area (Å²) in [4.78, 5) is 23.8. The Balaban J connectivity index is 1.30. The molecule has 0 aliphatic carbocycles. The molecule has 2 aromatic rings. The zero-order valence-corrected chi connectivity index (χ0v) is 19.0. The number of thioether (sulfide) groups is 1. The van der Waals surface area contributed by atoms with Gasteiger partial charge in [-0.15, -0.1) is 11.8 Å². The molecule has 0 spiro atoms. The third-order valence-corrected chi connectivity index (χ3v) is 5.83. The van der Waals surface area contributed by atoms with E-state index in [1.807, 2.05) is 0 Å². The van der Waals surface area contributed by atoms with E-state index < -0.39 is 0 Å². The van der Waals surface area contributed by atoms with Crippen LogP contribution >= 0.6 is 11.8 Å². The van der Waals surface area contributed by atoms with Gasteiger partial charge in [0.2, 0.25) is 5.91 Å². The van der Waals surface area contributed by atoms with Crippen LogP contribution in [0.2, 0.25) is 0 Å². The Kier molecular flexibility index (Phi) is 9.59. The van der Waals surface area contributed by atoms with Crippen LogP contribution < -0.4 is 15.5 Å². The lowest BCUT2D eigenvalue weighted by Crippen LogP contribution is -2.35. The summed E-state index contributed by atoms with van der Waals surface area (Å²) in [6, 6.07) is 15.4. The average molecular weight is 456 g/mol. The van der Waals surface area contributed by atoms with E-state index in [0.717, 1.165) is 30.8 Å². The van der Waals surface area contributed by atoms with Gasteiger partial charge < -0.3 is 14.8 Å². The highest BCUT2D eigenvalue weighted by molar-refractivity contribution is 7.99. The molecule has 1 atom stereocenters. The van der Waals surface area contributed by atoms with E-state index in [4.69, 9.17) is 9.47 Å². The van der Waals surface area contributed by atoms with E-state index in [0.29, 0.717) is 18.0 Å². The standard InChI is InChI=1S/C24H29N3O4S/c1-18-4-6-20(7-5-18)16-32-17-24(29)27-26-13-19-8-10-21(11-9-19)31-15-23(28)25-14-22-3-2-12-30-22/h4-11,13,22H,2-3,12,14-17H2,1H3,(H,25,28)(H,27,29)/b26-13-/t22-/m0/s1. The Hall–Kier alpha value is -2.84. The Morgan fingerprint density at radius 3 is 2.66 bits per heavy atom. The number of carbonyl (C=O) groups excluding carboxylic acids is 2. The van der Waals surface area contributed by atoms with Gasteiger partial charge in [0.25, 0.3) is 5.91 Å². The molecule has 1 aliphatic rings. The maximum Gasteiger partial charge on any atom is 0.258 e. The molecular formula is C24H29N3O4S. The maximum absolute atomic E-state index is 11.9. The van der Waals surface area contributed by atoms with E-state index in [1.54, 1.807) is 42.2 Å². The molecule has 170 valence electrons. The predicted octanol–water partition coefficient (Wildman–Crippen LogP) is 3.05. The van der Waals surface area contributed by atoms with Crippen LogP contribution in [0.1, 0.15) is 29.5 Å². The fourth-order valence-electron chi connectivity index (χ4n) is 3.04.